The van der Waals surface area contributed by atoms with Crippen molar-refractivity contribution in [2.45, 2.75) is 37.9 Å². The molecule has 16 heavy (non-hydrogen) atoms. The van der Waals surface area contributed by atoms with E-state index in [1.54, 1.807) is 13.8 Å². The fourth-order valence-corrected chi connectivity index (χ4v) is 4.61. The molecule has 1 rings (SSSR count). The molecular weight excluding hydrogens is 248 g/mol. The minimum absolute atomic E-state index is 0.119. The standard InChI is InChI=1S/C9H16N2O3S2/c1-5-11(6(2)3)16(13,14)8-7(4)10-9(12)15-8/h6H,5H2,1-4H3,(H,10,12). The Hall–Kier alpha value is -0.660. The van der Waals surface area contributed by atoms with E-state index in [0.29, 0.717) is 12.2 Å². The number of hydrogen-bond acceptors (Lipinski definition) is 4. The fourth-order valence-electron chi connectivity index (χ4n) is 1.56. The Morgan fingerprint density at radius 3 is 2.31 bits per heavy atom. The zero-order chi connectivity index (χ0) is 12.5. The number of aromatic amines is 1. The number of nitrogens with one attached hydrogen (secondary N) is 1. The van der Waals surface area contributed by atoms with Gasteiger partial charge in [0.25, 0.3) is 10.0 Å². The van der Waals surface area contributed by atoms with Crippen LogP contribution in [0.25, 0.3) is 0 Å². The van der Waals surface area contributed by atoms with E-state index in [1.807, 2.05) is 13.8 Å². The van der Waals surface area contributed by atoms with Crippen molar-refractivity contribution >= 4 is 21.4 Å². The van der Waals surface area contributed by atoms with E-state index in [-0.39, 0.29) is 15.1 Å². The highest BCUT2D eigenvalue weighted by Gasteiger charge is 2.29. The quantitative estimate of drug-likeness (QED) is 0.887. The van der Waals surface area contributed by atoms with Crippen molar-refractivity contribution in [1.82, 2.24) is 9.29 Å². The smallest absolute Gasteiger partial charge is 0.305 e. The molecule has 1 aromatic heterocycles. The van der Waals surface area contributed by atoms with E-state index in [4.69, 9.17) is 0 Å². The maximum Gasteiger partial charge on any atom is 0.305 e. The third kappa shape index (κ3) is 2.36. The first kappa shape index (κ1) is 13.4. The van der Waals surface area contributed by atoms with Gasteiger partial charge in [0.2, 0.25) is 0 Å². The lowest BCUT2D eigenvalue weighted by Crippen LogP contribution is -2.36. The maximum atomic E-state index is 12.2. The molecule has 0 amide bonds. The van der Waals surface area contributed by atoms with Crippen LogP contribution >= 0.6 is 11.3 Å². The molecule has 0 atom stereocenters. The fraction of sp³-hybridized carbons (Fsp3) is 0.667. The zero-order valence-electron chi connectivity index (χ0n) is 9.77. The Labute approximate surface area is 99.2 Å². The molecule has 0 aliphatic carbocycles. The van der Waals surface area contributed by atoms with Crippen LogP contribution in [0.2, 0.25) is 0 Å². The van der Waals surface area contributed by atoms with Crippen molar-refractivity contribution in [3.05, 3.63) is 15.4 Å². The van der Waals surface area contributed by atoms with Crippen LogP contribution in [-0.2, 0) is 10.0 Å². The Morgan fingerprint density at radius 1 is 1.44 bits per heavy atom. The van der Waals surface area contributed by atoms with Gasteiger partial charge in [-0.25, -0.2) is 8.42 Å². The summed E-state index contributed by atoms with van der Waals surface area (Å²) in [5.74, 6) is 0. The summed E-state index contributed by atoms with van der Waals surface area (Å²) in [5, 5.41) is 0. The Bertz CT molecular complexity index is 513. The van der Waals surface area contributed by atoms with Crippen molar-refractivity contribution in [2.75, 3.05) is 6.54 Å². The largest absolute Gasteiger partial charge is 0.315 e. The minimum atomic E-state index is -3.54. The molecule has 1 N–H and O–H groups in total. The number of thiazole rings is 1. The molecule has 5 nitrogen and oxygen atoms in total. The van der Waals surface area contributed by atoms with Crippen molar-refractivity contribution < 1.29 is 8.42 Å². The van der Waals surface area contributed by atoms with Crippen LogP contribution in [0, 0.1) is 6.92 Å². The average Bonchev–Trinajstić information content (AvgIpc) is 2.45. The highest BCUT2D eigenvalue weighted by atomic mass is 32.2. The van der Waals surface area contributed by atoms with Gasteiger partial charge in [-0.3, -0.25) is 4.79 Å². The van der Waals surface area contributed by atoms with Crippen LogP contribution in [0.15, 0.2) is 9.00 Å². The normalized spacial score (nSPS) is 12.6. The summed E-state index contributed by atoms with van der Waals surface area (Å²) in [4.78, 5) is 13.3. The number of hydrogen-bond donors (Lipinski definition) is 1. The number of sulfonamides is 1. The lowest BCUT2D eigenvalue weighted by molar-refractivity contribution is 0.370. The first-order valence-electron chi connectivity index (χ1n) is 5.02. The minimum Gasteiger partial charge on any atom is -0.315 e. The molecule has 0 aliphatic rings. The van der Waals surface area contributed by atoms with Gasteiger partial charge in [0.1, 0.15) is 0 Å². The van der Waals surface area contributed by atoms with Gasteiger partial charge in [-0.1, -0.05) is 18.3 Å². The van der Waals surface area contributed by atoms with E-state index >= 15 is 0 Å². The van der Waals surface area contributed by atoms with Crippen LogP contribution < -0.4 is 4.87 Å². The van der Waals surface area contributed by atoms with E-state index in [0.717, 1.165) is 11.3 Å². The Kier molecular flexibility index (Phi) is 3.92. The first-order chi connectivity index (χ1) is 7.30. The highest BCUT2D eigenvalue weighted by Crippen LogP contribution is 2.22. The van der Waals surface area contributed by atoms with Crippen molar-refractivity contribution in [3.8, 4) is 0 Å². The number of nitrogens with zero attached hydrogens (tertiary/aromatic N) is 1. The predicted molar refractivity (Wildman–Crippen MR) is 64.4 cm³/mol. The lowest BCUT2D eigenvalue weighted by Gasteiger charge is -2.23. The van der Waals surface area contributed by atoms with Gasteiger partial charge >= 0.3 is 4.87 Å². The molecule has 0 saturated heterocycles. The molecule has 92 valence electrons. The van der Waals surface area contributed by atoms with E-state index in [2.05, 4.69) is 4.98 Å². The zero-order valence-corrected chi connectivity index (χ0v) is 11.4. The van der Waals surface area contributed by atoms with Gasteiger partial charge < -0.3 is 4.98 Å². The summed E-state index contributed by atoms with van der Waals surface area (Å²) in [7, 11) is -3.54. The molecule has 0 aromatic carbocycles. The van der Waals surface area contributed by atoms with Gasteiger partial charge in [0, 0.05) is 18.3 Å². The highest BCUT2D eigenvalue weighted by molar-refractivity contribution is 7.91. The summed E-state index contributed by atoms with van der Waals surface area (Å²) in [6.07, 6.45) is 0. The van der Waals surface area contributed by atoms with Gasteiger partial charge in [0.05, 0.1) is 0 Å². The summed E-state index contributed by atoms with van der Waals surface area (Å²) >= 11 is 0.742. The van der Waals surface area contributed by atoms with Crippen LogP contribution in [0.4, 0.5) is 0 Å². The summed E-state index contributed by atoms with van der Waals surface area (Å²) < 4.78 is 25.9. The van der Waals surface area contributed by atoms with Gasteiger partial charge in [0.15, 0.2) is 4.21 Å². The monoisotopic (exact) mass is 264 g/mol. The Balaban J connectivity index is 3.31. The van der Waals surface area contributed by atoms with Gasteiger partial charge in [-0.15, -0.1) is 0 Å². The lowest BCUT2D eigenvalue weighted by atomic mass is 10.4. The number of rotatable bonds is 4. The summed E-state index contributed by atoms with van der Waals surface area (Å²) in [5.41, 5.74) is 0.411. The second-order valence-corrected chi connectivity index (χ2v) is 6.80. The first-order valence-corrected chi connectivity index (χ1v) is 7.28. The molecule has 0 unspecified atom stereocenters. The van der Waals surface area contributed by atoms with Crippen LogP contribution in [0.3, 0.4) is 0 Å². The van der Waals surface area contributed by atoms with E-state index in [1.165, 1.54) is 4.31 Å². The molecule has 0 bridgehead atoms. The van der Waals surface area contributed by atoms with Crippen molar-refractivity contribution in [1.29, 1.82) is 0 Å². The molecule has 0 aliphatic heterocycles. The van der Waals surface area contributed by atoms with Crippen molar-refractivity contribution in [2.24, 2.45) is 0 Å². The second-order valence-electron chi connectivity index (χ2n) is 3.73. The Morgan fingerprint density at radius 2 is 2.00 bits per heavy atom. The number of H-pyrrole nitrogens is 1. The van der Waals surface area contributed by atoms with Crippen molar-refractivity contribution in [3.63, 3.8) is 0 Å². The summed E-state index contributed by atoms with van der Waals surface area (Å²) in [6, 6.07) is -0.119. The number of aromatic nitrogens is 1. The molecule has 1 aromatic rings. The van der Waals surface area contributed by atoms with Crippen LogP contribution in [0.1, 0.15) is 26.5 Å². The second kappa shape index (κ2) is 4.68. The molecular formula is C9H16N2O3S2. The van der Waals surface area contributed by atoms with Crippen LogP contribution in [-0.4, -0.2) is 30.3 Å². The topological polar surface area (TPSA) is 70.2 Å². The summed E-state index contributed by atoms with van der Waals surface area (Å²) in [6.45, 7) is 7.39. The predicted octanol–water partition coefficient (Wildman–Crippen LogP) is 1.16. The molecule has 0 radical (unpaired) electrons. The third-order valence-electron chi connectivity index (χ3n) is 2.21. The average molecular weight is 264 g/mol. The molecule has 1 heterocycles. The third-order valence-corrected chi connectivity index (χ3v) is 5.94. The van der Waals surface area contributed by atoms with Gasteiger partial charge in [-0.2, -0.15) is 4.31 Å². The number of aryl methyl sites for hydroxylation is 1. The molecule has 0 fully saturated rings. The molecule has 0 saturated carbocycles. The SMILES string of the molecule is CCN(C(C)C)S(=O)(=O)c1sc(=O)[nH]c1C. The van der Waals surface area contributed by atoms with E-state index in [9.17, 15) is 13.2 Å². The van der Waals surface area contributed by atoms with E-state index < -0.39 is 10.0 Å². The maximum absolute atomic E-state index is 12.2. The van der Waals surface area contributed by atoms with Gasteiger partial charge in [-0.05, 0) is 20.8 Å². The molecule has 7 heteroatoms. The molecule has 0 spiro atoms. The van der Waals surface area contributed by atoms with Crippen LogP contribution in [0.5, 0.6) is 0 Å².